The maximum Gasteiger partial charge on any atom is 0.282 e. The first kappa shape index (κ1) is 14.3. The van der Waals surface area contributed by atoms with Crippen LogP contribution in [0.5, 0.6) is 5.75 Å². The van der Waals surface area contributed by atoms with Gasteiger partial charge in [-0.25, -0.2) is 4.98 Å². The molecule has 2 heterocycles. The molecular weight excluding hydrogens is 284 g/mol. The van der Waals surface area contributed by atoms with Gasteiger partial charge in [0, 0.05) is 13.1 Å². The fourth-order valence-corrected chi connectivity index (χ4v) is 3.56. The number of benzene rings is 1. The van der Waals surface area contributed by atoms with Crippen LogP contribution in [0.25, 0.3) is 10.2 Å². The van der Waals surface area contributed by atoms with Gasteiger partial charge in [-0.2, -0.15) is 0 Å². The predicted molar refractivity (Wildman–Crippen MR) is 85.1 cm³/mol. The molecule has 0 spiro atoms. The van der Waals surface area contributed by atoms with Gasteiger partial charge in [0.1, 0.15) is 5.75 Å². The van der Waals surface area contributed by atoms with Crippen LogP contribution >= 0.6 is 11.3 Å². The number of hydrogen-bond acceptors (Lipinski definition) is 4. The molecule has 1 saturated heterocycles. The Kier molecular flexibility index (Phi) is 4.10. The quantitative estimate of drug-likeness (QED) is 0.870. The van der Waals surface area contributed by atoms with Crippen molar-refractivity contribution in [3.8, 4) is 5.75 Å². The highest BCUT2D eigenvalue weighted by Gasteiger charge is 2.23. The summed E-state index contributed by atoms with van der Waals surface area (Å²) in [6.45, 7) is 6.54. The molecule has 1 aromatic carbocycles. The van der Waals surface area contributed by atoms with Crippen molar-refractivity contribution < 1.29 is 9.53 Å². The second-order valence-electron chi connectivity index (χ2n) is 5.56. The summed E-state index contributed by atoms with van der Waals surface area (Å²) in [6.07, 6.45) is 2.18. The Balaban J connectivity index is 1.81. The van der Waals surface area contributed by atoms with Gasteiger partial charge in [0.15, 0.2) is 5.01 Å². The van der Waals surface area contributed by atoms with Crippen molar-refractivity contribution in [2.75, 3.05) is 19.7 Å². The lowest BCUT2D eigenvalue weighted by Gasteiger charge is -2.29. The number of rotatable bonds is 3. The number of likely N-dealkylation sites (tertiary alicyclic amines) is 1. The molecule has 1 aromatic heterocycles. The zero-order chi connectivity index (χ0) is 14.8. The van der Waals surface area contributed by atoms with E-state index in [0.717, 1.165) is 47.8 Å². The number of carbonyl (C=O) groups is 1. The van der Waals surface area contributed by atoms with E-state index < -0.39 is 0 Å². The van der Waals surface area contributed by atoms with E-state index in [0.29, 0.717) is 11.6 Å². The molecule has 0 saturated carbocycles. The summed E-state index contributed by atoms with van der Waals surface area (Å²) in [5.74, 6) is 1.62. The van der Waals surface area contributed by atoms with Crippen LogP contribution in [-0.2, 0) is 0 Å². The molecule has 0 N–H and O–H groups in total. The van der Waals surface area contributed by atoms with E-state index >= 15 is 0 Å². The number of fused-ring (bicyclic) bond motifs is 1. The Morgan fingerprint density at radius 1 is 1.43 bits per heavy atom. The molecule has 1 aliphatic heterocycles. The van der Waals surface area contributed by atoms with Crippen LogP contribution in [0.1, 0.15) is 36.5 Å². The number of ether oxygens (including phenoxy) is 1. The van der Waals surface area contributed by atoms with Gasteiger partial charge in [-0.3, -0.25) is 4.79 Å². The lowest BCUT2D eigenvalue weighted by Crippen LogP contribution is -2.37. The Hall–Kier alpha value is -1.62. The minimum absolute atomic E-state index is 0.0704. The van der Waals surface area contributed by atoms with Gasteiger partial charge in [0.05, 0.1) is 16.8 Å². The summed E-state index contributed by atoms with van der Waals surface area (Å²) in [5.41, 5.74) is 0.872. The van der Waals surface area contributed by atoms with E-state index in [9.17, 15) is 4.79 Å². The third kappa shape index (κ3) is 3.02. The highest BCUT2D eigenvalue weighted by atomic mass is 32.1. The number of nitrogens with zero attached hydrogens (tertiary/aromatic N) is 2. The Morgan fingerprint density at radius 3 is 2.90 bits per heavy atom. The standard InChI is InChI=1S/C16H20N2O2S/c1-3-20-12-4-5-13-14(10-12)21-15(17-13)16(19)18-8-6-11(2)7-9-18/h4-5,10-11H,3,6-9H2,1-2H3. The van der Waals surface area contributed by atoms with Gasteiger partial charge < -0.3 is 9.64 Å². The van der Waals surface area contributed by atoms with Gasteiger partial charge in [0.25, 0.3) is 5.91 Å². The van der Waals surface area contributed by atoms with E-state index in [4.69, 9.17) is 4.74 Å². The summed E-state index contributed by atoms with van der Waals surface area (Å²) >= 11 is 1.46. The molecule has 2 aromatic rings. The molecule has 4 nitrogen and oxygen atoms in total. The van der Waals surface area contributed by atoms with E-state index in [1.54, 1.807) is 0 Å². The van der Waals surface area contributed by atoms with Crippen molar-refractivity contribution >= 4 is 27.5 Å². The molecule has 3 rings (SSSR count). The summed E-state index contributed by atoms with van der Waals surface area (Å²) < 4.78 is 6.50. The lowest BCUT2D eigenvalue weighted by molar-refractivity contribution is 0.0697. The van der Waals surface area contributed by atoms with E-state index in [1.807, 2.05) is 30.0 Å². The molecule has 0 bridgehead atoms. The summed E-state index contributed by atoms with van der Waals surface area (Å²) in [7, 11) is 0. The number of thiazole rings is 1. The Morgan fingerprint density at radius 2 is 2.19 bits per heavy atom. The van der Waals surface area contributed by atoms with Crippen LogP contribution in [0.4, 0.5) is 0 Å². The second kappa shape index (κ2) is 6.02. The first-order valence-corrected chi connectivity index (χ1v) is 8.31. The highest BCUT2D eigenvalue weighted by Crippen LogP contribution is 2.28. The van der Waals surface area contributed by atoms with Crippen LogP contribution in [0.2, 0.25) is 0 Å². The second-order valence-corrected chi connectivity index (χ2v) is 6.59. The molecule has 1 aliphatic rings. The van der Waals surface area contributed by atoms with Crippen LogP contribution in [0.15, 0.2) is 18.2 Å². The molecule has 5 heteroatoms. The zero-order valence-corrected chi connectivity index (χ0v) is 13.3. The van der Waals surface area contributed by atoms with Crippen LogP contribution in [0, 0.1) is 5.92 Å². The van der Waals surface area contributed by atoms with Crippen LogP contribution in [-0.4, -0.2) is 35.5 Å². The molecule has 0 aliphatic carbocycles. The first-order valence-electron chi connectivity index (χ1n) is 7.50. The average Bonchev–Trinajstić information content (AvgIpc) is 2.91. The minimum Gasteiger partial charge on any atom is -0.494 e. The largest absolute Gasteiger partial charge is 0.494 e. The number of aromatic nitrogens is 1. The van der Waals surface area contributed by atoms with Crippen molar-refractivity contribution in [1.82, 2.24) is 9.88 Å². The SMILES string of the molecule is CCOc1ccc2nc(C(=O)N3CCC(C)CC3)sc2c1. The van der Waals surface area contributed by atoms with Gasteiger partial charge in [-0.05, 0) is 43.9 Å². The van der Waals surface area contributed by atoms with E-state index in [2.05, 4.69) is 11.9 Å². The smallest absolute Gasteiger partial charge is 0.282 e. The minimum atomic E-state index is 0.0704. The number of piperidine rings is 1. The molecule has 0 atom stereocenters. The summed E-state index contributed by atoms with van der Waals surface area (Å²) in [6, 6.07) is 5.79. The van der Waals surface area contributed by atoms with Crippen LogP contribution in [0.3, 0.4) is 0 Å². The average molecular weight is 304 g/mol. The normalized spacial score (nSPS) is 16.4. The molecule has 112 valence electrons. The van der Waals surface area contributed by atoms with Gasteiger partial charge in [-0.15, -0.1) is 11.3 Å². The van der Waals surface area contributed by atoms with Crippen molar-refractivity contribution in [1.29, 1.82) is 0 Å². The maximum absolute atomic E-state index is 12.5. The number of amides is 1. The molecule has 1 fully saturated rings. The van der Waals surface area contributed by atoms with Gasteiger partial charge >= 0.3 is 0 Å². The van der Waals surface area contributed by atoms with E-state index in [1.165, 1.54) is 11.3 Å². The fourth-order valence-electron chi connectivity index (χ4n) is 2.60. The monoisotopic (exact) mass is 304 g/mol. The maximum atomic E-state index is 12.5. The van der Waals surface area contributed by atoms with Crippen molar-refractivity contribution in [3.63, 3.8) is 0 Å². The van der Waals surface area contributed by atoms with Gasteiger partial charge in [0.2, 0.25) is 0 Å². The molecule has 0 radical (unpaired) electrons. The van der Waals surface area contributed by atoms with Gasteiger partial charge in [-0.1, -0.05) is 6.92 Å². The lowest BCUT2D eigenvalue weighted by atomic mass is 9.99. The van der Waals surface area contributed by atoms with Crippen molar-refractivity contribution in [3.05, 3.63) is 23.2 Å². The first-order chi connectivity index (χ1) is 10.2. The predicted octanol–water partition coefficient (Wildman–Crippen LogP) is 3.57. The Labute approximate surface area is 128 Å². The van der Waals surface area contributed by atoms with Crippen LogP contribution < -0.4 is 4.74 Å². The molecule has 1 amide bonds. The molecule has 21 heavy (non-hydrogen) atoms. The molecular formula is C16H20N2O2S. The van der Waals surface area contributed by atoms with E-state index in [-0.39, 0.29) is 5.91 Å². The number of carbonyl (C=O) groups excluding carboxylic acids is 1. The van der Waals surface area contributed by atoms with Crippen molar-refractivity contribution in [2.45, 2.75) is 26.7 Å². The van der Waals surface area contributed by atoms with Crippen molar-refractivity contribution in [2.24, 2.45) is 5.92 Å². The third-order valence-corrected chi connectivity index (χ3v) is 4.93. The molecule has 0 unspecified atom stereocenters. The highest BCUT2D eigenvalue weighted by molar-refractivity contribution is 7.20. The Bertz CT molecular complexity index is 645. The topological polar surface area (TPSA) is 42.4 Å². The fraction of sp³-hybridized carbons (Fsp3) is 0.500. The third-order valence-electron chi connectivity index (χ3n) is 3.92. The zero-order valence-electron chi connectivity index (χ0n) is 12.5. The summed E-state index contributed by atoms with van der Waals surface area (Å²) in [5, 5.41) is 0.591. The number of hydrogen-bond donors (Lipinski definition) is 0. The summed E-state index contributed by atoms with van der Waals surface area (Å²) in [4.78, 5) is 18.9.